The Balaban J connectivity index is 2.10. The predicted molar refractivity (Wildman–Crippen MR) is 65.1 cm³/mol. The molecule has 0 unspecified atom stereocenters. The molecule has 0 bridgehead atoms. The number of hydrogen-bond acceptors (Lipinski definition) is 3. The molecule has 0 saturated carbocycles. The Morgan fingerprint density at radius 2 is 2.19 bits per heavy atom. The molecule has 1 aromatic carbocycles. The van der Waals surface area contributed by atoms with Gasteiger partial charge in [0.2, 0.25) is 0 Å². The quantitative estimate of drug-likeness (QED) is 0.762. The minimum Gasteiger partial charge on any atom is -0.316 e. The molecule has 1 aliphatic heterocycles. The van der Waals surface area contributed by atoms with E-state index >= 15 is 0 Å². The summed E-state index contributed by atoms with van der Waals surface area (Å²) in [7, 11) is 0. The number of nitrogens with one attached hydrogen (secondary N) is 1. The monoisotopic (exact) mass is 218 g/mol. The molecule has 1 aromatic rings. The highest BCUT2D eigenvalue weighted by molar-refractivity contribution is 5.69. The van der Waals surface area contributed by atoms with E-state index < -0.39 is 0 Å². The lowest BCUT2D eigenvalue weighted by molar-refractivity contribution is 0.103. The highest BCUT2D eigenvalue weighted by atomic mass is 16.5. The molecule has 16 heavy (non-hydrogen) atoms. The van der Waals surface area contributed by atoms with Gasteiger partial charge in [-0.05, 0) is 30.0 Å². The molecule has 0 atom stereocenters. The lowest BCUT2D eigenvalue weighted by atomic mass is 9.96. The maximum Gasteiger partial charge on any atom is 0.0726 e. The molecular formula is C13H18N2O. The largest absolute Gasteiger partial charge is 0.316 e. The first-order valence-corrected chi connectivity index (χ1v) is 5.65. The van der Waals surface area contributed by atoms with Gasteiger partial charge in [0.25, 0.3) is 0 Å². The van der Waals surface area contributed by atoms with Crippen LogP contribution in [-0.4, -0.2) is 29.9 Å². The van der Waals surface area contributed by atoms with Crippen LogP contribution in [0.1, 0.15) is 17.5 Å². The summed E-state index contributed by atoms with van der Waals surface area (Å²) in [5, 5.41) is 8.63. The van der Waals surface area contributed by atoms with Crippen LogP contribution in [0.4, 0.5) is 0 Å². The molecule has 0 fully saturated rings. The first-order valence-electron chi connectivity index (χ1n) is 5.65. The average molecular weight is 218 g/mol. The van der Waals surface area contributed by atoms with Gasteiger partial charge >= 0.3 is 0 Å². The normalized spacial score (nSPS) is 17.2. The molecule has 0 amide bonds. The van der Waals surface area contributed by atoms with Gasteiger partial charge in [0.1, 0.15) is 0 Å². The molecule has 2 rings (SSSR count). The molecule has 3 nitrogen and oxygen atoms in total. The Morgan fingerprint density at radius 1 is 1.38 bits per heavy atom. The van der Waals surface area contributed by atoms with Crippen molar-refractivity contribution in [1.82, 2.24) is 10.4 Å². The summed E-state index contributed by atoms with van der Waals surface area (Å²) >= 11 is 0. The minimum absolute atomic E-state index is 0.539. The molecule has 1 aliphatic rings. The first-order chi connectivity index (χ1) is 7.81. The highest BCUT2D eigenvalue weighted by Gasteiger charge is 2.12. The Kier molecular flexibility index (Phi) is 3.72. The van der Waals surface area contributed by atoms with Crippen molar-refractivity contribution in [3.05, 3.63) is 41.5 Å². The fourth-order valence-corrected chi connectivity index (χ4v) is 2.13. The van der Waals surface area contributed by atoms with Crippen LogP contribution in [0.3, 0.4) is 0 Å². The van der Waals surface area contributed by atoms with E-state index in [2.05, 4.69) is 47.6 Å². The molecule has 0 aliphatic carbocycles. The van der Waals surface area contributed by atoms with Crippen LogP contribution < -0.4 is 5.48 Å². The third-order valence-corrected chi connectivity index (χ3v) is 3.08. The van der Waals surface area contributed by atoms with E-state index in [1.807, 2.05) is 0 Å². The van der Waals surface area contributed by atoms with Gasteiger partial charge in [-0.2, -0.15) is 5.48 Å². The van der Waals surface area contributed by atoms with Crippen LogP contribution in [0.5, 0.6) is 0 Å². The van der Waals surface area contributed by atoms with Gasteiger partial charge in [-0.25, -0.2) is 0 Å². The van der Waals surface area contributed by atoms with Gasteiger partial charge in [0, 0.05) is 13.1 Å². The van der Waals surface area contributed by atoms with E-state index in [9.17, 15) is 0 Å². The summed E-state index contributed by atoms with van der Waals surface area (Å²) in [6.45, 7) is 4.58. The zero-order valence-corrected chi connectivity index (χ0v) is 9.61. The second-order valence-electron chi connectivity index (χ2n) is 4.19. The van der Waals surface area contributed by atoms with Gasteiger partial charge in [-0.3, -0.25) is 4.90 Å². The van der Waals surface area contributed by atoms with Gasteiger partial charge in [0.05, 0.1) is 6.67 Å². The van der Waals surface area contributed by atoms with E-state index in [-0.39, 0.29) is 0 Å². The molecule has 0 saturated heterocycles. The highest BCUT2D eigenvalue weighted by Crippen LogP contribution is 2.24. The van der Waals surface area contributed by atoms with Crippen LogP contribution in [0.15, 0.2) is 30.3 Å². The van der Waals surface area contributed by atoms with E-state index in [1.165, 1.54) is 16.7 Å². The number of aryl methyl sites for hydroxylation is 1. The van der Waals surface area contributed by atoms with Crippen LogP contribution in [-0.2, 0) is 0 Å². The first kappa shape index (κ1) is 11.3. The number of hydrogen-bond donors (Lipinski definition) is 2. The Morgan fingerprint density at radius 3 is 2.81 bits per heavy atom. The van der Waals surface area contributed by atoms with Gasteiger partial charge in [-0.1, -0.05) is 30.3 Å². The molecule has 3 heteroatoms. The van der Waals surface area contributed by atoms with Crippen molar-refractivity contribution in [2.24, 2.45) is 0 Å². The van der Waals surface area contributed by atoms with Gasteiger partial charge in [-0.15, -0.1) is 0 Å². The summed E-state index contributed by atoms with van der Waals surface area (Å²) in [5.74, 6) is 0. The van der Waals surface area contributed by atoms with E-state index in [0.717, 1.165) is 19.5 Å². The minimum atomic E-state index is 0.539. The maximum absolute atomic E-state index is 8.63. The third-order valence-electron chi connectivity index (χ3n) is 3.08. The Hall–Kier alpha value is -1.16. The van der Waals surface area contributed by atoms with Gasteiger partial charge < -0.3 is 5.21 Å². The van der Waals surface area contributed by atoms with Crippen molar-refractivity contribution in [2.45, 2.75) is 13.3 Å². The lowest BCUT2D eigenvalue weighted by Gasteiger charge is -2.26. The molecule has 2 N–H and O–H groups in total. The average Bonchev–Trinajstić information content (AvgIpc) is 2.31. The van der Waals surface area contributed by atoms with Crippen molar-refractivity contribution in [2.75, 3.05) is 19.8 Å². The summed E-state index contributed by atoms with van der Waals surface area (Å²) in [6.07, 6.45) is 3.30. The summed E-state index contributed by atoms with van der Waals surface area (Å²) in [6, 6.07) is 8.49. The fourth-order valence-electron chi connectivity index (χ4n) is 2.13. The summed E-state index contributed by atoms with van der Waals surface area (Å²) < 4.78 is 0. The Bertz CT molecular complexity index is 387. The zero-order valence-electron chi connectivity index (χ0n) is 9.61. The SMILES string of the molecule is Cc1ccccc1C1=CCN(CNO)CC1. The molecule has 0 aromatic heterocycles. The lowest BCUT2D eigenvalue weighted by Crippen LogP contribution is -2.35. The number of hydroxylamine groups is 1. The van der Waals surface area contributed by atoms with Crippen LogP contribution in [0, 0.1) is 6.92 Å². The topological polar surface area (TPSA) is 35.5 Å². The standard InChI is InChI=1S/C13H18N2O/c1-11-4-2-3-5-13(11)12-6-8-15(9-7-12)10-14-16/h2-6,14,16H,7-10H2,1H3. The number of benzene rings is 1. The van der Waals surface area contributed by atoms with E-state index in [4.69, 9.17) is 5.21 Å². The Labute approximate surface area is 96.3 Å². The third kappa shape index (κ3) is 2.50. The molecule has 1 heterocycles. The van der Waals surface area contributed by atoms with Crippen molar-refractivity contribution >= 4 is 5.57 Å². The number of rotatable bonds is 3. The predicted octanol–water partition coefficient (Wildman–Crippen LogP) is 2.02. The second kappa shape index (κ2) is 5.25. The van der Waals surface area contributed by atoms with Crippen molar-refractivity contribution in [1.29, 1.82) is 0 Å². The maximum atomic E-state index is 8.63. The van der Waals surface area contributed by atoms with Crippen LogP contribution in [0.2, 0.25) is 0 Å². The summed E-state index contributed by atoms with van der Waals surface area (Å²) in [5.41, 5.74) is 6.32. The van der Waals surface area contributed by atoms with E-state index in [0.29, 0.717) is 6.67 Å². The molecular weight excluding hydrogens is 200 g/mol. The second-order valence-corrected chi connectivity index (χ2v) is 4.19. The number of nitrogens with zero attached hydrogens (tertiary/aromatic N) is 1. The van der Waals surface area contributed by atoms with Gasteiger partial charge in [0.15, 0.2) is 0 Å². The zero-order chi connectivity index (χ0) is 11.4. The van der Waals surface area contributed by atoms with Crippen molar-refractivity contribution in [3.8, 4) is 0 Å². The fraction of sp³-hybridized carbons (Fsp3) is 0.385. The molecule has 0 spiro atoms. The van der Waals surface area contributed by atoms with Crippen molar-refractivity contribution < 1.29 is 5.21 Å². The van der Waals surface area contributed by atoms with E-state index in [1.54, 1.807) is 0 Å². The summed E-state index contributed by atoms with van der Waals surface area (Å²) in [4.78, 5) is 2.17. The van der Waals surface area contributed by atoms with Crippen molar-refractivity contribution in [3.63, 3.8) is 0 Å². The molecule has 0 radical (unpaired) electrons. The van der Waals surface area contributed by atoms with Crippen LogP contribution >= 0.6 is 0 Å². The smallest absolute Gasteiger partial charge is 0.0726 e. The van der Waals surface area contributed by atoms with Crippen LogP contribution in [0.25, 0.3) is 5.57 Å². The molecule has 86 valence electrons.